The number of carbonyl (C=O) groups excluding carboxylic acids is 3. The number of rotatable bonds is 14. The zero-order chi connectivity index (χ0) is 29.4. The van der Waals surface area contributed by atoms with Gasteiger partial charge in [0.05, 0.1) is 5.75 Å². The number of aromatic nitrogens is 1. The van der Waals surface area contributed by atoms with Gasteiger partial charge in [-0.15, -0.1) is 0 Å². The number of amidine groups is 1. The molecule has 0 spiro atoms. The highest BCUT2D eigenvalue weighted by Crippen LogP contribution is 2.21. The zero-order valence-electron chi connectivity index (χ0n) is 22.4. The Morgan fingerprint density at radius 2 is 1.73 bits per heavy atom. The maximum Gasteiger partial charge on any atom is 0.242 e. The molecule has 1 heterocycles. The maximum atomic E-state index is 13.4. The molecule has 3 rings (SSSR count). The molecule has 0 aliphatic carbocycles. The number of sulfonamides is 1. The van der Waals surface area contributed by atoms with E-state index in [1.165, 1.54) is 6.92 Å². The largest absolute Gasteiger partial charge is 0.384 e. The zero-order valence-corrected chi connectivity index (χ0v) is 23.2. The number of aromatic amines is 1. The second-order valence-corrected chi connectivity index (χ2v) is 11.6. The number of nitrogens with one attached hydrogen (secondary N) is 5. The molecule has 214 valence electrons. The fourth-order valence-corrected chi connectivity index (χ4v) is 4.90. The third-order valence-electron chi connectivity index (χ3n) is 6.41. The molecule has 2 aromatic carbocycles. The monoisotopic (exact) mass is 569 g/mol. The summed E-state index contributed by atoms with van der Waals surface area (Å²) in [5.74, 6) is -2.25. The second-order valence-electron chi connectivity index (χ2n) is 9.54. The number of H-pyrrole nitrogens is 1. The molecule has 0 bridgehead atoms. The molecule has 0 saturated heterocycles. The van der Waals surface area contributed by atoms with Crippen molar-refractivity contribution in [2.75, 3.05) is 5.75 Å². The van der Waals surface area contributed by atoms with Gasteiger partial charge in [-0.1, -0.05) is 35.9 Å². The van der Waals surface area contributed by atoms with E-state index in [0.717, 1.165) is 27.6 Å². The van der Waals surface area contributed by atoms with Crippen molar-refractivity contribution in [3.05, 3.63) is 70.9 Å². The molecule has 9 N–H and O–H groups in total. The summed E-state index contributed by atoms with van der Waals surface area (Å²) in [5.41, 5.74) is 14.6. The van der Waals surface area contributed by atoms with Gasteiger partial charge < -0.3 is 27.1 Å². The SMILES string of the molecule is CCS(=O)(=O)NC(Cc1c[nH]c2ccc(C)cc12)C(=O)NC(CCC(N)=O)C(=O)NCc1ccc(C(=N)N)cc1. The minimum Gasteiger partial charge on any atom is -0.384 e. The molecule has 0 radical (unpaired) electrons. The van der Waals surface area contributed by atoms with Crippen molar-refractivity contribution in [3.63, 3.8) is 0 Å². The fourth-order valence-electron chi connectivity index (χ4n) is 4.11. The second kappa shape index (κ2) is 13.2. The highest BCUT2D eigenvalue weighted by Gasteiger charge is 2.29. The lowest BCUT2D eigenvalue weighted by Crippen LogP contribution is -2.54. The van der Waals surface area contributed by atoms with Crippen LogP contribution in [0.25, 0.3) is 10.9 Å². The van der Waals surface area contributed by atoms with E-state index in [-0.39, 0.29) is 37.4 Å². The number of hydrogen-bond acceptors (Lipinski definition) is 6. The summed E-state index contributed by atoms with van der Waals surface area (Å²) >= 11 is 0. The Morgan fingerprint density at radius 1 is 1.02 bits per heavy atom. The van der Waals surface area contributed by atoms with Crippen LogP contribution in [0.1, 0.15) is 42.0 Å². The Labute approximate surface area is 232 Å². The first-order chi connectivity index (χ1) is 18.9. The number of hydrogen-bond donors (Lipinski definition) is 7. The van der Waals surface area contributed by atoms with Crippen molar-refractivity contribution in [3.8, 4) is 0 Å². The van der Waals surface area contributed by atoms with Crippen LogP contribution in [0.5, 0.6) is 0 Å². The average Bonchev–Trinajstić information content (AvgIpc) is 3.30. The lowest BCUT2D eigenvalue weighted by Gasteiger charge is -2.23. The van der Waals surface area contributed by atoms with Gasteiger partial charge in [0.15, 0.2) is 0 Å². The van der Waals surface area contributed by atoms with Gasteiger partial charge in [-0.3, -0.25) is 19.8 Å². The molecule has 2 unspecified atom stereocenters. The fraction of sp³-hybridized carbons (Fsp3) is 0.333. The Morgan fingerprint density at radius 3 is 2.35 bits per heavy atom. The molecule has 3 aromatic rings. The first-order valence-corrected chi connectivity index (χ1v) is 14.4. The van der Waals surface area contributed by atoms with Gasteiger partial charge in [-0.25, -0.2) is 13.1 Å². The molecular weight excluding hydrogens is 534 g/mol. The number of benzene rings is 2. The average molecular weight is 570 g/mol. The van der Waals surface area contributed by atoms with Gasteiger partial charge in [0.1, 0.15) is 17.9 Å². The number of amides is 3. The normalized spacial score (nSPS) is 12.9. The third-order valence-corrected chi connectivity index (χ3v) is 7.81. The molecule has 0 aliphatic heterocycles. The van der Waals surface area contributed by atoms with Crippen molar-refractivity contribution in [2.24, 2.45) is 11.5 Å². The first-order valence-electron chi connectivity index (χ1n) is 12.7. The Bertz CT molecular complexity index is 1500. The molecule has 3 amide bonds. The summed E-state index contributed by atoms with van der Waals surface area (Å²) in [6.07, 6.45) is 1.51. The number of nitrogens with two attached hydrogens (primary N) is 2. The lowest BCUT2D eigenvalue weighted by molar-refractivity contribution is -0.130. The molecular formula is C27H35N7O5S. The molecule has 1 aromatic heterocycles. The molecule has 0 fully saturated rings. The van der Waals surface area contributed by atoms with Crippen LogP contribution in [0, 0.1) is 12.3 Å². The van der Waals surface area contributed by atoms with Crippen molar-refractivity contribution >= 4 is 44.5 Å². The van der Waals surface area contributed by atoms with Gasteiger partial charge in [-0.05, 0) is 49.9 Å². The van der Waals surface area contributed by atoms with E-state index < -0.39 is 39.8 Å². The third kappa shape index (κ3) is 8.38. The molecule has 0 aliphatic rings. The van der Waals surface area contributed by atoms with Crippen LogP contribution in [-0.2, 0) is 37.4 Å². The summed E-state index contributed by atoms with van der Waals surface area (Å²) in [5, 5.41) is 13.7. The number of carbonyl (C=O) groups is 3. The van der Waals surface area contributed by atoms with E-state index in [1.54, 1.807) is 30.5 Å². The van der Waals surface area contributed by atoms with Crippen molar-refractivity contribution in [1.29, 1.82) is 5.41 Å². The number of nitrogen functional groups attached to an aromatic ring is 1. The van der Waals surface area contributed by atoms with Crippen LogP contribution >= 0.6 is 0 Å². The van der Waals surface area contributed by atoms with Crippen LogP contribution in [-0.4, -0.2) is 54.8 Å². The predicted octanol–water partition coefficient (Wildman–Crippen LogP) is 0.677. The Hall–Kier alpha value is -4.23. The summed E-state index contributed by atoms with van der Waals surface area (Å²) < 4.78 is 27.4. The van der Waals surface area contributed by atoms with Crippen LogP contribution < -0.4 is 26.8 Å². The number of fused-ring (bicyclic) bond motifs is 1. The van der Waals surface area contributed by atoms with Crippen molar-refractivity contribution in [2.45, 2.75) is 51.7 Å². The topological polar surface area (TPSA) is 213 Å². The smallest absolute Gasteiger partial charge is 0.242 e. The highest BCUT2D eigenvalue weighted by molar-refractivity contribution is 7.89. The van der Waals surface area contributed by atoms with Crippen molar-refractivity contribution in [1.82, 2.24) is 20.3 Å². The van der Waals surface area contributed by atoms with Gasteiger partial charge in [0.25, 0.3) is 0 Å². The van der Waals surface area contributed by atoms with Crippen molar-refractivity contribution < 1.29 is 22.8 Å². The number of primary amides is 1. The van der Waals surface area contributed by atoms with Crippen LogP contribution in [0.15, 0.2) is 48.7 Å². The van der Waals surface area contributed by atoms with E-state index in [1.807, 2.05) is 25.1 Å². The van der Waals surface area contributed by atoms with E-state index >= 15 is 0 Å². The van der Waals surface area contributed by atoms with E-state index in [2.05, 4.69) is 20.3 Å². The summed E-state index contributed by atoms with van der Waals surface area (Å²) in [7, 11) is -3.79. The summed E-state index contributed by atoms with van der Waals surface area (Å²) in [6, 6.07) is 10.1. The standard InChI is InChI=1S/C27H35N7O5S/c1-3-40(38,39)34-23(13-19-15-31-21-9-4-16(2)12-20(19)21)27(37)33-22(10-11-24(28)35)26(36)32-14-17-5-7-18(8-6-17)25(29)30/h4-9,12,15,22-23,31,34H,3,10-11,13-14H2,1-2H3,(H2,28,35)(H3,29,30)(H,32,36)(H,33,37). The predicted molar refractivity (Wildman–Crippen MR) is 153 cm³/mol. The van der Waals surface area contributed by atoms with Gasteiger partial charge in [0, 0.05) is 35.6 Å². The molecule has 40 heavy (non-hydrogen) atoms. The van der Waals surface area contributed by atoms with Gasteiger partial charge >= 0.3 is 0 Å². The summed E-state index contributed by atoms with van der Waals surface area (Å²) in [4.78, 5) is 41.1. The molecule has 0 saturated carbocycles. The summed E-state index contributed by atoms with van der Waals surface area (Å²) in [6.45, 7) is 3.50. The van der Waals surface area contributed by atoms with E-state index in [9.17, 15) is 22.8 Å². The maximum absolute atomic E-state index is 13.4. The van der Waals surface area contributed by atoms with E-state index in [0.29, 0.717) is 5.56 Å². The molecule has 2 atom stereocenters. The lowest BCUT2D eigenvalue weighted by atomic mass is 10.0. The van der Waals surface area contributed by atoms with Gasteiger partial charge in [-0.2, -0.15) is 0 Å². The molecule has 13 heteroatoms. The van der Waals surface area contributed by atoms with Gasteiger partial charge in [0.2, 0.25) is 27.7 Å². The minimum absolute atomic E-state index is 0.0289. The minimum atomic E-state index is -3.79. The van der Waals surface area contributed by atoms with Crippen LogP contribution in [0.3, 0.4) is 0 Å². The van der Waals surface area contributed by atoms with Crippen LogP contribution in [0.2, 0.25) is 0 Å². The van der Waals surface area contributed by atoms with Crippen LogP contribution in [0.4, 0.5) is 0 Å². The Balaban J connectivity index is 1.79. The Kier molecular flexibility index (Phi) is 10.0. The van der Waals surface area contributed by atoms with E-state index in [4.69, 9.17) is 16.9 Å². The first kappa shape index (κ1) is 30.3. The molecule has 12 nitrogen and oxygen atoms in total. The quantitative estimate of drug-likeness (QED) is 0.109. The number of aryl methyl sites for hydroxylation is 1. The highest BCUT2D eigenvalue weighted by atomic mass is 32.2.